The summed E-state index contributed by atoms with van der Waals surface area (Å²) in [4.78, 5) is 25.2. The molecule has 0 radical (unpaired) electrons. The third-order valence-corrected chi connectivity index (χ3v) is 10.8. The molecule has 4 aromatic carbocycles. The number of carboxylic acid groups (broad SMARTS) is 1. The molecule has 15 heteroatoms. The fourth-order valence-electron chi connectivity index (χ4n) is 7.86. The van der Waals surface area contributed by atoms with E-state index in [1.165, 1.54) is 12.1 Å². The van der Waals surface area contributed by atoms with Crippen LogP contribution in [0.1, 0.15) is 54.9 Å². The van der Waals surface area contributed by atoms with Crippen LogP contribution in [0.25, 0.3) is 56.2 Å². The summed E-state index contributed by atoms with van der Waals surface area (Å²) in [5.41, 5.74) is 7.29. The summed E-state index contributed by atoms with van der Waals surface area (Å²) in [5.74, 6) is -0.428. The smallest absolute Gasteiger partial charge is 0.387 e. The maximum Gasteiger partial charge on any atom is 0.387 e. The van der Waals surface area contributed by atoms with E-state index < -0.39 is 25.2 Å². The molecule has 1 saturated heterocycles. The lowest BCUT2D eigenvalue weighted by Crippen LogP contribution is -2.35. The summed E-state index contributed by atoms with van der Waals surface area (Å²) >= 11 is 0. The highest BCUT2D eigenvalue weighted by molar-refractivity contribution is 5.85. The number of aliphatic carboxylic acids is 1. The zero-order chi connectivity index (χ0) is 41.8. The number of fused-ring (bicyclic) bond motifs is 2. The van der Waals surface area contributed by atoms with Crippen molar-refractivity contribution >= 4 is 28.2 Å². The average Bonchev–Trinajstić information content (AvgIpc) is 3.93. The first-order valence-electron chi connectivity index (χ1n) is 19.7. The molecule has 3 heterocycles. The Kier molecular flexibility index (Phi) is 12.8. The van der Waals surface area contributed by atoms with E-state index >= 15 is 0 Å². The minimum absolute atomic E-state index is 0.0377. The van der Waals surface area contributed by atoms with Gasteiger partial charge in [0, 0.05) is 47.5 Å². The molecule has 0 spiro atoms. The second-order valence-electron chi connectivity index (χ2n) is 14.9. The number of nitrogens with one attached hydrogen (secondary N) is 1. The van der Waals surface area contributed by atoms with Crippen LogP contribution in [0.3, 0.4) is 0 Å². The number of ether oxygens (including phenoxy) is 2. The van der Waals surface area contributed by atoms with Crippen LogP contribution >= 0.6 is 0 Å². The standard InChI is InChI=1S/C44H47F4N5O6/c1-5-15-49-16-9-17-52(4)23-27-19-33-38(21-36(27)58-43(45)46)56-40(50-33)31-12-6-10-29(25(31)2)30-11-7-13-32(26(30)3)41-51-34-20-28(24-53-18-8-14-35(53)42(54)55)37(59-44(47)48)22-39(34)57-41/h6-7,10-13,19-22,35,43-44,49H,5,8-9,14-18,23-24H2,1-4H3,(H,54,55)/t35-/m0/s1. The highest BCUT2D eigenvalue weighted by Gasteiger charge is 2.31. The van der Waals surface area contributed by atoms with Crippen molar-refractivity contribution < 1.29 is 45.8 Å². The second-order valence-corrected chi connectivity index (χ2v) is 14.9. The first-order chi connectivity index (χ1) is 28.4. The van der Waals surface area contributed by atoms with Gasteiger partial charge in [0.15, 0.2) is 11.2 Å². The maximum absolute atomic E-state index is 13.5. The number of rotatable bonds is 18. The van der Waals surface area contributed by atoms with E-state index in [4.69, 9.17) is 28.3 Å². The predicted molar refractivity (Wildman–Crippen MR) is 216 cm³/mol. The van der Waals surface area contributed by atoms with Gasteiger partial charge >= 0.3 is 19.2 Å². The Hall–Kier alpha value is -5.51. The average molecular weight is 818 g/mol. The number of carbonyl (C=O) groups is 1. The molecule has 0 saturated carbocycles. The maximum atomic E-state index is 13.5. The molecule has 0 amide bonds. The van der Waals surface area contributed by atoms with E-state index in [0.717, 1.165) is 54.7 Å². The molecule has 11 nitrogen and oxygen atoms in total. The van der Waals surface area contributed by atoms with Crippen molar-refractivity contribution in [2.75, 3.05) is 33.2 Å². The molecule has 1 atom stereocenters. The number of carboxylic acids is 1. The fraction of sp³-hybridized carbons (Fsp3) is 0.386. The lowest BCUT2D eigenvalue weighted by Gasteiger charge is -2.22. The number of hydrogen-bond donors (Lipinski definition) is 2. The van der Waals surface area contributed by atoms with Gasteiger partial charge < -0.3 is 33.6 Å². The monoisotopic (exact) mass is 817 g/mol. The van der Waals surface area contributed by atoms with Gasteiger partial charge in [-0.05, 0) is 119 Å². The molecule has 0 bridgehead atoms. The van der Waals surface area contributed by atoms with Gasteiger partial charge in [-0.1, -0.05) is 31.2 Å². The molecule has 312 valence electrons. The number of benzene rings is 4. The molecule has 59 heavy (non-hydrogen) atoms. The van der Waals surface area contributed by atoms with Crippen molar-refractivity contribution in [1.82, 2.24) is 25.1 Å². The number of nitrogens with zero attached hydrogens (tertiary/aromatic N) is 4. The van der Waals surface area contributed by atoms with Crippen LogP contribution in [-0.2, 0) is 17.9 Å². The quantitative estimate of drug-likeness (QED) is 0.0636. The largest absolute Gasteiger partial charge is 0.480 e. The normalized spacial score (nSPS) is 14.8. The summed E-state index contributed by atoms with van der Waals surface area (Å²) in [6, 6.07) is 16.9. The summed E-state index contributed by atoms with van der Waals surface area (Å²) in [7, 11) is 1.94. The van der Waals surface area contributed by atoms with Gasteiger partial charge in [-0.25, -0.2) is 9.97 Å². The predicted octanol–water partition coefficient (Wildman–Crippen LogP) is 9.66. The number of hydrogen-bond acceptors (Lipinski definition) is 10. The Balaban J connectivity index is 1.18. The Morgan fingerprint density at radius 1 is 0.864 bits per heavy atom. The summed E-state index contributed by atoms with van der Waals surface area (Å²) in [6.07, 6.45) is 3.11. The molecule has 1 aliphatic heterocycles. The van der Waals surface area contributed by atoms with E-state index in [0.29, 0.717) is 70.7 Å². The van der Waals surface area contributed by atoms with Gasteiger partial charge in [-0.2, -0.15) is 17.6 Å². The molecule has 6 aromatic rings. The number of halogens is 4. The number of alkyl halides is 4. The lowest BCUT2D eigenvalue weighted by molar-refractivity contribution is -0.142. The van der Waals surface area contributed by atoms with Gasteiger partial charge in [0.2, 0.25) is 11.8 Å². The summed E-state index contributed by atoms with van der Waals surface area (Å²) in [5, 5.41) is 13.0. The molecule has 0 unspecified atom stereocenters. The van der Waals surface area contributed by atoms with Crippen molar-refractivity contribution in [3.8, 4) is 45.5 Å². The van der Waals surface area contributed by atoms with Gasteiger partial charge in [0.1, 0.15) is 28.6 Å². The second kappa shape index (κ2) is 18.2. The lowest BCUT2D eigenvalue weighted by atomic mass is 9.91. The van der Waals surface area contributed by atoms with E-state index in [9.17, 15) is 27.5 Å². The van der Waals surface area contributed by atoms with Gasteiger partial charge in [-0.3, -0.25) is 9.69 Å². The zero-order valence-electron chi connectivity index (χ0n) is 33.4. The number of oxazole rings is 2. The number of aromatic nitrogens is 2. The summed E-state index contributed by atoms with van der Waals surface area (Å²) in [6.45, 7) is 3.47. The Labute approximate surface area is 338 Å². The Morgan fingerprint density at radius 2 is 1.41 bits per heavy atom. The molecular formula is C44H47F4N5O6. The number of likely N-dealkylation sites (tertiary alicyclic amines) is 1. The summed E-state index contributed by atoms with van der Waals surface area (Å²) < 4.78 is 76.3. The third kappa shape index (κ3) is 9.37. The van der Waals surface area contributed by atoms with Crippen molar-refractivity contribution in [2.24, 2.45) is 0 Å². The van der Waals surface area contributed by atoms with Crippen LogP contribution in [-0.4, -0.2) is 83.3 Å². The topological polar surface area (TPSA) is 126 Å². The van der Waals surface area contributed by atoms with Crippen LogP contribution in [0.4, 0.5) is 17.6 Å². The first kappa shape index (κ1) is 41.6. The van der Waals surface area contributed by atoms with Crippen LogP contribution < -0.4 is 14.8 Å². The SMILES string of the molecule is CCCNCCCN(C)Cc1cc2nc(-c3cccc(-c4cccc(-c5nc6cc(CN7CCC[C@H]7C(=O)O)c(OC(F)F)cc6o5)c4C)c3C)oc2cc1OC(F)F. The first-order valence-corrected chi connectivity index (χ1v) is 19.7. The molecule has 0 aliphatic carbocycles. The van der Waals surface area contributed by atoms with E-state index in [1.807, 2.05) is 57.3 Å². The van der Waals surface area contributed by atoms with Crippen molar-refractivity contribution in [3.63, 3.8) is 0 Å². The Bertz CT molecular complexity index is 2430. The van der Waals surface area contributed by atoms with Crippen molar-refractivity contribution in [2.45, 2.75) is 78.8 Å². The van der Waals surface area contributed by atoms with Gasteiger partial charge in [-0.15, -0.1) is 0 Å². The minimum Gasteiger partial charge on any atom is -0.480 e. The highest BCUT2D eigenvalue weighted by Crippen LogP contribution is 2.40. The minimum atomic E-state index is -3.09. The van der Waals surface area contributed by atoms with Crippen LogP contribution in [0.2, 0.25) is 0 Å². The third-order valence-electron chi connectivity index (χ3n) is 10.8. The van der Waals surface area contributed by atoms with Crippen LogP contribution in [0.15, 0.2) is 69.5 Å². The van der Waals surface area contributed by atoms with Crippen molar-refractivity contribution in [3.05, 3.63) is 82.9 Å². The Morgan fingerprint density at radius 3 is 1.95 bits per heavy atom. The molecular weight excluding hydrogens is 771 g/mol. The van der Waals surface area contributed by atoms with E-state index in [-0.39, 0.29) is 29.5 Å². The fourth-order valence-corrected chi connectivity index (χ4v) is 7.86. The van der Waals surface area contributed by atoms with E-state index in [2.05, 4.69) is 17.1 Å². The molecule has 1 aliphatic rings. The van der Waals surface area contributed by atoms with Crippen LogP contribution in [0.5, 0.6) is 11.5 Å². The highest BCUT2D eigenvalue weighted by atomic mass is 19.3. The van der Waals surface area contributed by atoms with E-state index in [1.54, 1.807) is 17.0 Å². The zero-order valence-corrected chi connectivity index (χ0v) is 33.4. The molecule has 1 fully saturated rings. The molecule has 2 aromatic heterocycles. The van der Waals surface area contributed by atoms with Crippen LogP contribution in [0, 0.1) is 13.8 Å². The molecule has 2 N–H and O–H groups in total. The van der Waals surface area contributed by atoms with Gasteiger partial charge in [0.25, 0.3) is 0 Å². The molecule has 7 rings (SSSR count). The van der Waals surface area contributed by atoms with Crippen molar-refractivity contribution in [1.29, 1.82) is 0 Å². The van der Waals surface area contributed by atoms with Gasteiger partial charge in [0.05, 0.1) is 0 Å².